The summed E-state index contributed by atoms with van der Waals surface area (Å²) in [5.41, 5.74) is 2.85. The van der Waals surface area contributed by atoms with E-state index in [1.54, 1.807) is 0 Å². The highest BCUT2D eigenvalue weighted by molar-refractivity contribution is 5.22. The molecule has 0 atom stereocenters. The maximum absolute atomic E-state index is 4.99. The van der Waals surface area contributed by atoms with Gasteiger partial charge in [0.05, 0.1) is 5.69 Å². The fourth-order valence-electron chi connectivity index (χ4n) is 3.54. The second-order valence-corrected chi connectivity index (χ2v) is 5.78. The normalized spacial score (nSPS) is 20.9. The summed E-state index contributed by atoms with van der Waals surface area (Å²) in [4.78, 5) is 4.99. The number of nitrogens with zero attached hydrogens (tertiary/aromatic N) is 2. The standard InChI is InChI=1S/C15H25N3/c1-2-10-18-14-8-9-16-11-13(14)17-15(18)12-6-4-3-5-7-12/h12,16H,2-11H2,1H3. The van der Waals surface area contributed by atoms with E-state index >= 15 is 0 Å². The second-order valence-electron chi connectivity index (χ2n) is 5.78. The predicted octanol–water partition coefficient (Wildman–Crippen LogP) is 2.99. The first kappa shape index (κ1) is 12.2. The zero-order valence-corrected chi connectivity index (χ0v) is 11.5. The Morgan fingerprint density at radius 1 is 1.28 bits per heavy atom. The van der Waals surface area contributed by atoms with Gasteiger partial charge in [0.2, 0.25) is 0 Å². The summed E-state index contributed by atoms with van der Waals surface area (Å²) < 4.78 is 2.56. The van der Waals surface area contributed by atoms with Gasteiger partial charge in [-0.2, -0.15) is 0 Å². The Kier molecular flexibility index (Phi) is 3.69. The van der Waals surface area contributed by atoms with E-state index in [2.05, 4.69) is 16.8 Å². The molecule has 1 fully saturated rings. The van der Waals surface area contributed by atoms with Crippen LogP contribution in [0.5, 0.6) is 0 Å². The molecule has 0 radical (unpaired) electrons. The van der Waals surface area contributed by atoms with E-state index in [-0.39, 0.29) is 0 Å². The van der Waals surface area contributed by atoms with Gasteiger partial charge in [0.15, 0.2) is 0 Å². The number of rotatable bonds is 3. The lowest BCUT2D eigenvalue weighted by Gasteiger charge is -2.23. The van der Waals surface area contributed by atoms with Crippen LogP contribution in [-0.4, -0.2) is 16.1 Å². The Balaban J connectivity index is 1.93. The Hall–Kier alpha value is -0.830. The van der Waals surface area contributed by atoms with Crippen molar-refractivity contribution in [2.75, 3.05) is 6.54 Å². The summed E-state index contributed by atoms with van der Waals surface area (Å²) in [5.74, 6) is 2.14. The predicted molar refractivity (Wildman–Crippen MR) is 73.8 cm³/mol. The van der Waals surface area contributed by atoms with Crippen molar-refractivity contribution < 1.29 is 0 Å². The van der Waals surface area contributed by atoms with Crippen LogP contribution < -0.4 is 5.32 Å². The quantitative estimate of drug-likeness (QED) is 0.890. The molecule has 1 aliphatic heterocycles. The lowest BCUT2D eigenvalue weighted by Crippen LogP contribution is -2.25. The number of hydrogen-bond acceptors (Lipinski definition) is 2. The molecule has 2 heterocycles. The molecule has 0 aromatic carbocycles. The van der Waals surface area contributed by atoms with Crippen LogP contribution in [0.25, 0.3) is 0 Å². The van der Waals surface area contributed by atoms with Crippen LogP contribution in [0.4, 0.5) is 0 Å². The van der Waals surface area contributed by atoms with Gasteiger partial charge in [-0.15, -0.1) is 0 Å². The van der Waals surface area contributed by atoms with Crippen LogP contribution in [0, 0.1) is 0 Å². The van der Waals surface area contributed by atoms with Crippen molar-refractivity contribution >= 4 is 0 Å². The molecule has 0 spiro atoms. The second kappa shape index (κ2) is 5.43. The lowest BCUT2D eigenvalue weighted by atomic mass is 9.88. The molecule has 3 heteroatoms. The maximum Gasteiger partial charge on any atom is 0.112 e. The molecule has 0 unspecified atom stereocenters. The summed E-state index contributed by atoms with van der Waals surface area (Å²) >= 11 is 0. The van der Waals surface area contributed by atoms with Crippen molar-refractivity contribution in [3.05, 3.63) is 17.2 Å². The highest BCUT2D eigenvalue weighted by Crippen LogP contribution is 2.33. The Bertz CT molecular complexity index is 402. The monoisotopic (exact) mass is 247 g/mol. The number of imidazole rings is 1. The molecular formula is C15H25N3. The minimum Gasteiger partial charge on any atom is -0.331 e. The number of hydrogen-bond donors (Lipinski definition) is 1. The molecule has 3 rings (SSSR count). The average Bonchev–Trinajstić information content (AvgIpc) is 2.80. The zero-order valence-electron chi connectivity index (χ0n) is 11.5. The Labute approximate surface area is 110 Å². The fourth-order valence-corrected chi connectivity index (χ4v) is 3.54. The molecule has 1 aromatic rings. The largest absolute Gasteiger partial charge is 0.331 e. The van der Waals surface area contributed by atoms with Crippen molar-refractivity contribution in [2.45, 2.75) is 70.9 Å². The summed E-state index contributed by atoms with van der Waals surface area (Å²) in [6, 6.07) is 0. The minimum atomic E-state index is 0.732. The third-order valence-corrected chi connectivity index (χ3v) is 4.43. The number of nitrogens with one attached hydrogen (secondary N) is 1. The van der Waals surface area contributed by atoms with Crippen molar-refractivity contribution in [2.24, 2.45) is 0 Å². The zero-order chi connectivity index (χ0) is 12.4. The molecule has 1 saturated carbocycles. The van der Waals surface area contributed by atoms with Gasteiger partial charge < -0.3 is 9.88 Å². The van der Waals surface area contributed by atoms with E-state index in [0.717, 1.165) is 32.0 Å². The minimum absolute atomic E-state index is 0.732. The van der Waals surface area contributed by atoms with Gasteiger partial charge in [-0.1, -0.05) is 26.2 Å². The van der Waals surface area contributed by atoms with Crippen LogP contribution in [0.15, 0.2) is 0 Å². The van der Waals surface area contributed by atoms with E-state index in [0.29, 0.717) is 0 Å². The first-order chi connectivity index (χ1) is 8.90. The van der Waals surface area contributed by atoms with Crippen molar-refractivity contribution in [1.29, 1.82) is 0 Å². The van der Waals surface area contributed by atoms with Crippen LogP contribution in [0.2, 0.25) is 0 Å². The van der Waals surface area contributed by atoms with E-state index in [4.69, 9.17) is 4.98 Å². The van der Waals surface area contributed by atoms with Crippen LogP contribution in [0.3, 0.4) is 0 Å². The van der Waals surface area contributed by atoms with Gasteiger partial charge in [-0.05, 0) is 19.3 Å². The SMILES string of the molecule is CCCn1c(C2CCCCC2)nc2c1CCNC2. The maximum atomic E-state index is 4.99. The molecule has 18 heavy (non-hydrogen) atoms. The fraction of sp³-hybridized carbons (Fsp3) is 0.800. The van der Waals surface area contributed by atoms with Crippen LogP contribution >= 0.6 is 0 Å². The van der Waals surface area contributed by atoms with Gasteiger partial charge in [-0.25, -0.2) is 4.98 Å². The molecule has 1 aromatic heterocycles. The van der Waals surface area contributed by atoms with E-state index in [9.17, 15) is 0 Å². The van der Waals surface area contributed by atoms with Crippen LogP contribution in [0.1, 0.15) is 68.6 Å². The first-order valence-corrected chi connectivity index (χ1v) is 7.69. The molecule has 0 saturated heterocycles. The van der Waals surface area contributed by atoms with Crippen LogP contribution in [-0.2, 0) is 19.5 Å². The summed E-state index contributed by atoms with van der Waals surface area (Å²) in [7, 11) is 0. The third kappa shape index (κ3) is 2.20. The Morgan fingerprint density at radius 3 is 2.89 bits per heavy atom. The van der Waals surface area contributed by atoms with E-state index in [1.807, 2.05) is 0 Å². The molecule has 1 N–H and O–H groups in total. The van der Waals surface area contributed by atoms with Gasteiger partial charge in [0, 0.05) is 37.7 Å². The molecule has 0 bridgehead atoms. The van der Waals surface area contributed by atoms with Crippen molar-refractivity contribution in [3.8, 4) is 0 Å². The number of fused-ring (bicyclic) bond motifs is 1. The van der Waals surface area contributed by atoms with E-state index < -0.39 is 0 Å². The molecular weight excluding hydrogens is 222 g/mol. The lowest BCUT2D eigenvalue weighted by molar-refractivity contribution is 0.412. The summed E-state index contributed by atoms with van der Waals surface area (Å²) in [6.07, 6.45) is 9.30. The molecule has 100 valence electrons. The highest BCUT2D eigenvalue weighted by Gasteiger charge is 2.25. The van der Waals surface area contributed by atoms with Gasteiger partial charge in [0.25, 0.3) is 0 Å². The average molecular weight is 247 g/mol. The molecule has 2 aliphatic rings. The van der Waals surface area contributed by atoms with Crippen molar-refractivity contribution in [3.63, 3.8) is 0 Å². The smallest absolute Gasteiger partial charge is 0.112 e. The van der Waals surface area contributed by atoms with Gasteiger partial charge in [0.1, 0.15) is 5.82 Å². The van der Waals surface area contributed by atoms with Crippen molar-refractivity contribution in [1.82, 2.24) is 14.9 Å². The third-order valence-electron chi connectivity index (χ3n) is 4.43. The number of aromatic nitrogens is 2. The van der Waals surface area contributed by atoms with Gasteiger partial charge in [-0.3, -0.25) is 0 Å². The van der Waals surface area contributed by atoms with Gasteiger partial charge >= 0.3 is 0 Å². The molecule has 3 nitrogen and oxygen atoms in total. The topological polar surface area (TPSA) is 29.9 Å². The van der Waals surface area contributed by atoms with E-state index in [1.165, 1.54) is 55.7 Å². The highest BCUT2D eigenvalue weighted by atomic mass is 15.1. The molecule has 0 amide bonds. The summed E-state index contributed by atoms with van der Waals surface area (Å²) in [5, 5.41) is 3.45. The molecule has 1 aliphatic carbocycles. The Morgan fingerprint density at radius 2 is 2.11 bits per heavy atom. The first-order valence-electron chi connectivity index (χ1n) is 7.69. The summed E-state index contributed by atoms with van der Waals surface area (Å²) in [6.45, 7) is 5.53.